The average molecular weight is 372 g/mol. The Hall–Kier alpha value is -2.34. The number of carbonyl (C=O) groups excluding carboxylic acids is 1. The molecule has 0 radical (unpaired) electrons. The number of nitrogens with one attached hydrogen (secondary N) is 1. The van der Waals surface area contributed by atoms with Crippen LogP contribution in [0.3, 0.4) is 0 Å². The largest absolute Gasteiger partial charge is 0.352 e. The number of fused-ring (bicyclic) bond motifs is 1. The molecule has 0 saturated carbocycles. The van der Waals surface area contributed by atoms with E-state index < -0.39 is 10.0 Å². The molecular formula is C20H24N2O3S. The van der Waals surface area contributed by atoms with Gasteiger partial charge in [-0.2, -0.15) is 0 Å². The fraction of sp³-hybridized carbons (Fsp3) is 0.350. The van der Waals surface area contributed by atoms with Crippen LogP contribution in [0.1, 0.15) is 36.2 Å². The van der Waals surface area contributed by atoms with Gasteiger partial charge in [0.05, 0.1) is 10.6 Å². The second-order valence-electron chi connectivity index (χ2n) is 6.94. The van der Waals surface area contributed by atoms with Crippen molar-refractivity contribution in [1.29, 1.82) is 0 Å². The molecule has 0 fully saturated rings. The van der Waals surface area contributed by atoms with Gasteiger partial charge < -0.3 is 5.32 Å². The highest BCUT2D eigenvalue weighted by Crippen LogP contribution is 2.31. The van der Waals surface area contributed by atoms with Gasteiger partial charge in [-0.25, -0.2) is 8.42 Å². The maximum absolute atomic E-state index is 13.2. The number of rotatable bonds is 5. The summed E-state index contributed by atoms with van der Waals surface area (Å²) in [5.41, 5.74) is 2.12. The van der Waals surface area contributed by atoms with Crippen LogP contribution >= 0.6 is 0 Å². The molecule has 0 aromatic heterocycles. The molecule has 138 valence electrons. The summed E-state index contributed by atoms with van der Waals surface area (Å²) in [7, 11) is -3.71. The first-order valence-electron chi connectivity index (χ1n) is 8.88. The molecule has 26 heavy (non-hydrogen) atoms. The normalized spacial score (nSPS) is 14.2. The van der Waals surface area contributed by atoms with Crippen molar-refractivity contribution in [3.63, 3.8) is 0 Å². The maximum Gasteiger partial charge on any atom is 0.264 e. The van der Waals surface area contributed by atoms with Crippen LogP contribution in [0.2, 0.25) is 0 Å². The summed E-state index contributed by atoms with van der Waals surface area (Å²) in [6.07, 6.45) is 1.66. The van der Waals surface area contributed by atoms with Crippen molar-refractivity contribution in [3.05, 3.63) is 59.7 Å². The Labute approximate surface area is 155 Å². The lowest BCUT2D eigenvalue weighted by Gasteiger charge is -2.30. The standard InChI is InChI=1S/C20H24N2O3S/c1-15(2)14-21-20(23)17-8-5-10-18(13-17)26(24,25)22-12-6-9-16-7-3-4-11-19(16)22/h3-5,7-8,10-11,13,15H,6,9,12,14H2,1-2H3,(H,21,23). The number of anilines is 1. The first-order chi connectivity index (χ1) is 12.4. The second-order valence-corrected chi connectivity index (χ2v) is 8.80. The van der Waals surface area contributed by atoms with Crippen LogP contribution in [0, 0.1) is 5.92 Å². The minimum absolute atomic E-state index is 0.145. The van der Waals surface area contributed by atoms with Crippen molar-refractivity contribution in [1.82, 2.24) is 5.32 Å². The van der Waals surface area contributed by atoms with Gasteiger partial charge >= 0.3 is 0 Å². The summed E-state index contributed by atoms with van der Waals surface area (Å²) >= 11 is 0. The molecule has 0 unspecified atom stereocenters. The van der Waals surface area contributed by atoms with E-state index in [-0.39, 0.29) is 10.8 Å². The molecule has 2 aromatic rings. The number of carbonyl (C=O) groups is 1. The maximum atomic E-state index is 13.2. The Balaban J connectivity index is 1.92. The molecule has 1 aliphatic rings. The Morgan fingerprint density at radius 1 is 1.15 bits per heavy atom. The quantitative estimate of drug-likeness (QED) is 0.876. The van der Waals surface area contributed by atoms with E-state index in [4.69, 9.17) is 0 Å². The molecule has 0 spiro atoms. The molecule has 6 heteroatoms. The monoisotopic (exact) mass is 372 g/mol. The van der Waals surface area contributed by atoms with E-state index in [1.165, 1.54) is 10.4 Å². The van der Waals surface area contributed by atoms with Crippen molar-refractivity contribution in [2.45, 2.75) is 31.6 Å². The number of hydrogen-bond acceptors (Lipinski definition) is 3. The van der Waals surface area contributed by atoms with E-state index in [0.717, 1.165) is 24.1 Å². The van der Waals surface area contributed by atoms with Gasteiger partial charge in [-0.05, 0) is 48.6 Å². The van der Waals surface area contributed by atoms with E-state index in [1.54, 1.807) is 18.2 Å². The fourth-order valence-corrected chi connectivity index (χ4v) is 4.66. The molecule has 0 saturated heterocycles. The first kappa shape index (κ1) is 18.5. The summed E-state index contributed by atoms with van der Waals surface area (Å²) in [5, 5.41) is 2.82. The molecule has 0 atom stereocenters. The molecule has 1 heterocycles. The number of benzene rings is 2. The molecule has 1 N–H and O–H groups in total. The van der Waals surface area contributed by atoms with Crippen molar-refractivity contribution in [2.24, 2.45) is 5.92 Å². The summed E-state index contributed by atoms with van der Waals surface area (Å²) in [6.45, 7) is 5.02. The molecule has 5 nitrogen and oxygen atoms in total. The van der Waals surface area contributed by atoms with Crippen LogP contribution in [0.5, 0.6) is 0 Å². The van der Waals surface area contributed by atoms with Gasteiger partial charge in [-0.3, -0.25) is 9.10 Å². The van der Waals surface area contributed by atoms with Gasteiger partial charge in [0.1, 0.15) is 0 Å². The van der Waals surface area contributed by atoms with Crippen molar-refractivity contribution < 1.29 is 13.2 Å². The molecule has 3 rings (SSSR count). The number of hydrogen-bond donors (Lipinski definition) is 1. The smallest absolute Gasteiger partial charge is 0.264 e. The summed E-state index contributed by atoms with van der Waals surface area (Å²) in [6, 6.07) is 13.8. The van der Waals surface area contributed by atoms with E-state index in [9.17, 15) is 13.2 Å². The Bertz CT molecular complexity index is 907. The fourth-order valence-electron chi connectivity index (χ4n) is 3.07. The number of sulfonamides is 1. The first-order valence-corrected chi connectivity index (χ1v) is 10.3. The van der Waals surface area contributed by atoms with Crippen LogP contribution in [-0.2, 0) is 16.4 Å². The van der Waals surface area contributed by atoms with Crippen LogP contribution in [0.25, 0.3) is 0 Å². The zero-order chi connectivity index (χ0) is 18.7. The van der Waals surface area contributed by atoms with Gasteiger partial charge in [0, 0.05) is 18.7 Å². The van der Waals surface area contributed by atoms with E-state index in [2.05, 4.69) is 5.32 Å². The third-order valence-corrected chi connectivity index (χ3v) is 6.23. The molecule has 2 aromatic carbocycles. The Kier molecular flexibility index (Phi) is 5.32. The lowest BCUT2D eigenvalue weighted by Crippen LogP contribution is -2.35. The third kappa shape index (κ3) is 3.75. The molecule has 0 bridgehead atoms. The summed E-state index contributed by atoms with van der Waals surface area (Å²) < 4.78 is 27.8. The zero-order valence-corrected chi connectivity index (χ0v) is 15.9. The average Bonchev–Trinajstić information content (AvgIpc) is 2.65. The highest BCUT2D eigenvalue weighted by Gasteiger charge is 2.29. The van der Waals surface area contributed by atoms with Crippen molar-refractivity contribution in [2.75, 3.05) is 17.4 Å². The highest BCUT2D eigenvalue weighted by atomic mass is 32.2. The van der Waals surface area contributed by atoms with Crippen molar-refractivity contribution in [3.8, 4) is 0 Å². The molecule has 1 amide bonds. The number of para-hydroxylation sites is 1. The number of amides is 1. The van der Waals surface area contributed by atoms with E-state index >= 15 is 0 Å². The van der Waals surface area contributed by atoms with Gasteiger partial charge in [-0.15, -0.1) is 0 Å². The predicted octanol–water partition coefficient (Wildman–Crippen LogP) is 3.21. The van der Waals surface area contributed by atoms with Gasteiger partial charge in [0.15, 0.2) is 0 Å². The van der Waals surface area contributed by atoms with Gasteiger partial charge in [-0.1, -0.05) is 38.1 Å². The zero-order valence-electron chi connectivity index (χ0n) is 15.1. The van der Waals surface area contributed by atoms with E-state index in [0.29, 0.717) is 24.6 Å². The van der Waals surface area contributed by atoms with Crippen molar-refractivity contribution >= 4 is 21.6 Å². The van der Waals surface area contributed by atoms with E-state index in [1.807, 2.05) is 38.1 Å². The van der Waals surface area contributed by atoms with Crippen LogP contribution < -0.4 is 9.62 Å². The van der Waals surface area contributed by atoms with Gasteiger partial charge in [0.2, 0.25) is 0 Å². The van der Waals surface area contributed by atoms with Gasteiger partial charge in [0.25, 0.3) is 15.9 Å². The van der Waals surface area contributed by atoms with Crippen LogP contribution in [0.4, 0.5) is 5.69 Å². The topological polar surface area (TPSA) is 66.5 Å². The number of nitrogens with zero attached hydrogens (tertiary/aromatic N) is 1. The molecular weight excluding hydrogens is 348 g/mol. The molecule has 0 aliphatic carbocycles. The number of aryl methyl sites for hydroxylation is 1. The SMILES string of the molecule is CC(C)CNC(=O)c1cccc(S(=O)(=O)N2CCCc3ccccc32)c1. The minimum Gasteiger partial charge on any atom is -0.352 e. The Morgan fingerprint density at radius 3 is 2.69 bits per heavy atom. The minimum atomic E-state index is -3.71. The Morgan fingerprint density at radius 2 is 1.92 bits per heavy atom. The highest BCUT2D eigenvalue weighted by molar-refractivity contribution is 7.92. The second kappa shape index (κ2) is 7.50. The predicted molar refractivity (Wildman–Crippen MR) is 103 cm³/mol. The summed E-state index contributed by atoms with van der Waals surface area (Å²) in [4.78, 5) is 12.4. The third-order valence-electron chi connectivity index (χ3n) is 4.42. The lowest BCUT2D eigenvalue weighted by molar-refractivity contribution is 0.0949. The van der Waals surface area contributed by atoms with Crippen LogP contribution in [-0.4, -0.2) is 27.4 Å². The molecule has 1 aliphatic heterocycles. The lowest BCUT2D eigenvalue weighted by atomic mass is 10.0. The summed E-state index contributed by atoms with van der Waals surface area (Å²) in [5.74, 6) is 0.0745. The van der Waals surface area contributed by atoms with Crippen LogP contribution in [0.15, 0.2) is 53.4 Å².